The topological polar surface area (TPSA) is 142 Å². The number of hydrogen-bond acceptors (Lipinski definition) is 7. The second-order valence-corrected chi connectivity index (χ2v) is 16.2. The van der Waals surface area contributed by atoms with E-state index < -0.39 is 52.6 Å². The van der Waals surface area contributed by atoms with E-state index in [0.29, 0.717) is 23.6 Å². The predicted molar refractivity (Wildman–Crippen MR) is 185 cm³/mol. The van der Waals surface area contributed by atoms with Gasteiger partial charge in [-0.25, -0.2) is 4.79 Å². The average molecular weight is 699 g/mol. The Morgan fingerprint density at radius 2 is 1.76 bits per heavy atom. The van der Waals surface area contributed by atoms with Crippen molar-refractivity contribution in [1.29, 1.82) is 0 Å². The van der Waals surface area contributed by atoms with E-state index in [4.69, 9.17) is 16.3 Å². The molecule has 2 heterocycles. The van der Waals surface area contributed by atoms with Crippen molar-refractivity contribution >= 4 is 52.7 Å². The first-order valence-electron chi connectivity index (χ1n) is 17.9. The monoisotopic (exact) mass is 698 g/mol. The van der Waals surface area contributed by atoms with E-state index in [2.05, 4.69) is 10.6 Å². The maximum Gasteiger partial charge on any atom is 0.329 e. The van der Waals surface area contributed by atoms with Crippen LogP contribution in [0.5, 0.6) is 0 Å². The number of halogens is 1. The first-order chi connectivity index (χ1) is 23.2. The summed E-state index contributed by atoms with van der Waals surface area (Å²) in [6, 6.07) is 4.85. The highest BCUT2D eigenvalue weighted by atomic mass is 35.5. The first-order valence-corrected chi connectivity index (χ1v) is 18.3. The standard InChI is InChI=1S/C37H51ClN4O7/c1-5-10-28(31(45)33(46)39-25-15-16-25)49-35(48)27-19-37(20-30(44)41(21-37)26-14-9-13-24(38)18-26)22-42(27)34(47)32(36(2,3)4)40-29(43)17-23-11-7-6-8-12-23/h9,13-14,18,23,25,27-28,32H,5-8,10-12,15-17,19-22H2,1-4H3,(H,39,46)(H,40,43)/t27?,28-,32+,37?/m0/s1. The van der Waals surface area contributed by atoms with E-state index in [9.17, 15) is 28.8 Å². The second-order valence-electron chi connectivity index (χ2n) is 15.7. The fraction of sp³-hybridized carbons (Fsp3) is 0.676. The number of nitrogens with zero attached hydrogens (tertiary/aromatic N) is 2. The molecule has 12 heteroatoms. The molecule has 4 amide bonds. The van der Waals surface area contributed by atoms with Crippen LogP contribution in [0.3, 0.4) is 0 Å². The quantitative estimate of drug-likeness (QED) is 0.238. The Morgan fingerprint density at radius 3 is 2.39 bits per heavy atom. The molecule has 2 aliphatic carbocycles. The van der Waals surface area contributed by atoms with Crippen molar-refractivity contribution in [3.63, 3.8) is 0 Å². The summed E-state index contributed by atoms with van der Waals surface area (Å²) in [6.07, 6.45) is 6.80. The summed E-state index contributed by atoms with van der Waals surface area (Å²) in [5, 5.41) is 6.16. The van der Waals surface area contributed by atoms with Crippen LogP contribution in [0.15, 0.2) is 24.3 Å². The van der Waals surface area contributed by atoms with Gasteiger partial charge in [-0.3, -0.25) is 24.0 Å². The number of benzene rings is 1. The second kappa shape index (κ2) is 15.2. The third-order valence-corrected chi connectivity index (χ3v) is 10.6. The van der Waals surface area contributed by atoms with E-state index in [-0.39, 0.29) is 56.1 Å². The highest BCUT2D eigenvalue weighted by Crippen LogP contribution is 2.46. The van der Waals surface area contributed by atoms with Gasteiger partial charge in [-0.2, -0.15) is 0 Å². The lowest BCUT2D eigenvalue weighted by molar-refractivity contribution is -0.164. The minimum atomic E-state index is -1.30. The molecule has 1 aromatic carbocycles. The summed E-state index contributed by atoms with van der Waals surface area (Å²) in [7, 11) is 0. The van der Waals surface area contributed by atoms with Crippen molar-refractivity contribution < 1.29 is 33.5 Å². The lowest BCUT2D eigenvalue weighted by Crippen LogP contribution is -2.57. The summed E-state index contributed by atoms with van der Waals surface area (Å²) >= 11 is 6.24. The molecule has 0 bridgehead atoms. The van der Waals surface area contributed by atoms with Gasteiger partial charge in [0.25, 0.3) is 11.7 Å². The van der Waals surface area contributed by atoms with Crippen LogP contribution in [0.2, 0.25) is 5.02 Å². The molecule has 2 saturated carbocycles. The minimum Gasteiger partial charge on any atom is -0.452 e. The molecule has 2 aliphatic heterocycles. The van der Waals surface area contributed by atoms with E-state index in [1.807, 2.05) is 27.7 Å². The third-order valence-electron chi connectivity index (χ3n) is 10.4. The molecule has 11 nitrogen and oxygen atoms in total. The van der Waals surface area contributed by atoms with Gasteiger partial charge in [0.2, 0.25) is 17.7 Å². The molecule has 0 aromatic heterocycles. The number of likely N-dealkylation sites (tertiary alicyclic amines) is 1. The predicted octanol–water partition coefficient (Wildman–Crippen LogP) is 4.72. The van der Waals surface area contributed by atoms with Crippen LogP contribution in [-0.2, 0) is 33.5 Å². The van der Waals surface area contributed by atoms with Crippen molar-refractivity contribution in [3.05, 3.63) is 29.3 Å². The molecule has 4 aliphatic rings. The van der Waals surface area contributed by atoms with Crippen molar-refractivity contribution in [3.8, 4) is 0 Å². The van der Waals surface area contributed by atoms with Gasteiger partial charge in [-0.15, -0.1) is 0 Å². The Kier molecular flexibility index (Phi) is 11.4. The van der Waals surface area contributed by atoms with Gasteiger partial charge in [0.05, 0.1) is 0 Å². The minimum absolute atomic E-state index is 0.0396. The Morgan fingerprint density at radius 1 is 1.04 bits per heavy atom. The zero-order valence-corrected chi connectivity index (χ0v) is 30.0. The smallest absolute Gasteiger partial charge is 0.329 e. The number of ketones is 1. The number of hydrogen-bond donors (Lipinski definition) is 2. The molecule has 2 unspecified atom stereocenters. The van der Waals surface area contributed by atoms with Crippen molar-refractivity contribution in [2.24, 2.45) is 16.7 Å². The zero-order valence-electron chi connectivity index (χ0n) is 29.2. The Labute approximate surface area is 294 Å². The van der Waals surface area contributed by atoms with E-state index >= 15 is 0 Å². The molecule has 4 fully saturated rings. The van der Waals surface area contributed by atoms with Crippen LogP contribution >= 0.6 is 11.6 Å². The summed E-state index contributed by atoms with van der Waals surface area (Å²) < 4.78 is 5.80. The summed E-state index contributed by atoms with van der Waals surface area (Å²) in [6.45, 7) is 7.74. The molecule has 1 aromatic rings. The van der Waals surface area contributed by atoms with Crippen LogP contribution in [0, 0.1) is 16.7 Å². The highest BCUT2D eigenvalue weighted by molar-refractivity contribution is 6.38. The van der Waals surface area contributed by atoms with Gasteiger partial charge < -0.3 is 25.2 Å². The fourth-order valence-electron chi connectivity index (χ4n) is 7.56. The molecular formula is C37H51ClN4O7. The molecule has 2 saturated heterocycles. The number of Topliss-reactive ketones (excluding diaryl/α,β-unsaturated/α-hetero) is 1. The lowest BCUT2D eigenvalue weighted by Gasteiger charge is -2.36. The SMILES string of the molecule is CCC[C@H](OC(=O)C1CC2(CC(=O)N(c3cccc(Cl)c3)C2)CN1C(=O)[C@@H](NC(=O)CC1CCCCC1)C(C)(C)C)C(=O)C(=O)NC1CC1. The number of anilines is 1. The lowest BCUT2D eigenvalue weighted by atomic mass is 9.84. The zero-order chi connectivity index (χ0) is 35.5. The molecule has 0 radical (unpaired) electrons. The number of amides is 4. The van der Waals surface area contributed by atoms with E-state index in [1.54, 1.807) is 29.2 Å². The van der Waals surface area contributed by atoms with Crippen LogP contribution < -0.4 is 15.5 Å². The number of nitrogens with one attached hydrogen (secondary N) is 2. The average Bonchev–Trinajstić information content (AvgIpc) is 3.70. The van der Waals surface area contributed by atoms with Crippen LogP contribution in [0.1, 0.15) is 105 Å². The number of ether oxygens (including phenoxy) is 1. The maximum atomic E-state index is 14.6. The Balaban J connectivity index is 1.40. The van der Waals surface area contributed by atoms with E-state index in [1.165, 1.54) is 11.3 Å². The molecule has 1 spiro atoms. The molecule has 2 N–H and O–H groups in total. The molecule has 49 heavy (non-hydrogen) atoms. The third kappa shape index (κ3) is 9.01. The van der Waals surface area contributed by atoms with E-state index in [0.717, 1.165) is 38.5 Å². The number of carbonyl (C=O) groups excluding carboxylic acids is 6. The van der Waals surface area contributed by atoms with Gasteiger partial charge in [0.1, 0.15) is 12.1 Å². The van der Waals surface area contributed by atoms with Crippen LogP contribution in [0.25, 0.3) is 0 Å². The number of esters is 1. The van der Waals surface area contributed by atoms with Gasteiger partial charge in [-0.1, -0.05) is 71.0 Å². The summed E-state index contributed by atoms with van der Waals surface area (Å²) in [5.41, 5.74) is -0.874. The maximum absolute atomic E-state index is 14.6. The largest absolute Gasteiger partial charge is 0.452 e. The van der Waals surface area contributed by atoms with Crippen molar-refractivity contribution in [2.75, 3.05) is 18.0 Å². The summed E-state index contributed by atoms with van der Waals surface area (Å²) in [4.78, 5) is 84.3. The normalized spacial score (nSPS) is 24.1. The molecular weight excluding hydrogens is 648 g/mol. The molecule has 268 valence electrons. The molecule has 4 atom stereocenters. The Hall–Kier alpha value is -3.47. The van der Waals surface area contributed by atoms with Crippen LogP contribution in [0.4, 0.5) is 5.69 Å². The first kappa shape index (κ1) is 36.8. The van der Waals surface area contributed by atoms with Gasteiger partial charge >= 0.3 is 5.97 Å². The number of carbonyl (C=O) groups is 6. The Bertz CT molecular complexity index is 1450. The van der Waals surface area contributed by atoms with Gasteiger partial charge in [0.15, 0.2) is 6.10 Å². The van der Waals surface area contributed by atoms with Crippen LogP contribution in [-0.4, -0.2) is 77.6 Å². The van der Waals surface area contributed by atoms with Gasteiger partial charge in [-0.05, 0) is 68.1 Å². The number of rotatable bonds is 12. The van der Waals surface area contributed by atoms with Crippen molar-refractivity contribution in [2.45, 2.75) is 129 Å². The van der Waals surface area contributed by atoms with Gasteiger partial charge in [0, 0.05) is 48.1 Å². The van der Waals surface area contributed by atoms with Crippen molar-refractivity contribution in [1.82, 2.24) is 15.5 Å². The fourth-order valence-corrected chi connectivity index (χ4v) is 7.74. The molecule has 5 rings (SSSR count). The summed E-state index contributed by atoms with van der Waals surface area (Å²) in [5.74, 6) is -2.93. The highest BCUT2D eigenvalue weighted by Gasteiger charge is 2.56.